The lowest BCUT2D eigenvalue weighted by atomic mass is 9.82. The third-order valence-electron chi connectivity index (χ3n) is 7.80. The largest absolute Gasteiger partial charge is 0.379 e. The number of piperidine rings is 1. The van der Waals surface area contributed by atoms with Gasteiger partial charge in [-0.15, -0.1) is 0 Å². The van der Waals surface area contributed by atoms with E-state index >= 15 is 0 Å². The van der Waals surface area contributed by atoms with E-state index in [9.17, 15) is 9.18 Å². The van der Waals surface area contributed by atoms with E-state index in [0.717, 1.165) is 87.8 Å². The molecule has 0 amide bonds. The van der Waals surface area contributed by atoms with Crippen LogP contribution in [0.4, 0.5) is 4.39 Å². The Bertz CT molecular complexity index is 1250. The maximum atomic E-state index is 13.8. The maximum Gasteiger partial charge on any atom is 0.258 e. The number of rotatable bonds is 5. The molecule has 5 nitrogen and oxygen atoms in total. The predicted molar refractivity (Wildman–Crippen MR) is 135 cm³/mol. The number of ether oxygens (including phenoxy) is 1. The van der Waals surface area contributed by atoms with Gasteiger partial charge >= 0.3 is 0 Å². The lowest BCUT2D eigenvalue weighted by Crippen LogP contribution is -2.47. The molecule has 6 heteroatoms. The van der Waals surface area contributed by atoms with Crippen LogP contribution in [0.25, 0.3) is 11.1 Å². The average Bonchev–Trinajstić information content (AvgIpc) is 2.87. The Morgan fingerprint density at radius 3 is 2.46 bits per heavy atom. The van der Waals surface area contributed by atoms with Crippen LogP contribution in [0.15, 0.2) is 65.5 Å². The fourth-order valence-corrected chi connectivity index (χ4v) is 6.15. The quantitative estimate of drug-likeness (QED) is 0.559. The zero-order valence-electron chi connectivity index (χ0n) is 20.0. The number of fused-ring (bicyclic) bond motifs is 4. The lowest BCUT2D eigenvalue weighted by molar-refractivity contribution is 0.0342. The Labute approximate surface area is 205 Å². The first kappa shape index (κ1) is 22.7. The first-order chi connectivity index (χ1) is 17.1. The number of hydrogen-bond acceptors (Lipinski definition) is 4. The molecular formula is C29H32FN3O2. The van der Waals surface area contributed by atoms with Crippen molar-refractivity contribution in [2.24, 2.45) is 5.92 Å². The van der Waals surface area contributed by atoms with Gasteiger partial charge < -0.3 is 9.30 Å². The van der Waals surface area contributed by atoms with Gasteiger partial charge in [0.1, 0.15) is 5.82 Å². The van der Waals surface area contributed by atoms with Crippen molar-refractivity contribution in [2.45, 2.75) is 32.0 Å². The summed E-state index contributed by atoms with van der Waals surface area (Å²) in [7, 11) is 0. The van der Waals surface area contributed by atoms with Crippen LogP contribution in [-0.4, -0.2) is 53.8 Å². The van der Waals surface area contributed by atoms with Crippen molar-refractivity contribution >= 4 is 0 Å². The minimum atomic E-state index is -0.195. The SMILES string of the molecule is O=c1c(-c2ccccc2CN2CCOCC2)ccc2n1CC1CC2CN(Cc2ccc(F)cc2)C1. The smallest absolute Gasteiger partial charge is 0.258 e. The third-order valence-corrected chi connectivity index (χ3v) is 7.80. The van der Waals surface area contributed by atoms with Gasteiger partial charge in [-0.25, -0.2) is 4.39 Å². The number of halogens is 1. The van der Waals surface area contributed by atoms with E-state index in [1.165, 1.54) is 17.7 Å². The molecule has 0 spiro atoms. The van der Waals surface area contributed by atoms with Gasteiger partial charge in [0.2, 0.25) is 0 Å². The molecule has 35 heavy (non-hydrogen) atoms. The van der Waals surface area contributed by atoms with Crippen molar-refractivity contribution in [3.63, 3.8) is 0 Å². The number of aromatic nitrogens is 1. The number of benzene rings is 2. The predicted octanol–water partition coefficient (Wildman–Crippen LogP) is 4.11. The van der Waals surface area contributed by atoms with E-state index in [1.54, 1.807) is 0 Å². The second kappa shape index (κ2) is 9.69. The van der Waals surface area contributed by atoms with E-state index in [4.69, 9.17) is 4.74 Å². The monoisotopic (exact) mass is 473 g/mol. The Kier molecular flexibility index (Phi) is 6.27. The molecule has 0 radical (unpaired) electrons. The third kappa shape index (κ3) is 4.70. The topological polar surface area (TPSA) is 37.7 Å². The van der Waals surface area contributed by atoms with E-state index in [2.05, 4.69) is 38.6 Å². The van der Waals surface area contributed by atoms with Crippen LogP contribution >= 0.6 is 0 Å². The van der Waals surface area contributed by atoms with Crippen molar-refractivity contribution < 1.29 is 9.13 Å². The summed E-state index contributed by atoms with van der Waals surface area (Å²) in [4.78, 5) is 18.6. The molecule has 4 heterocycles. The number of morpholine rings is 1. The molecule has 6 rings (SSSR count). The maximum absolute atomic E-state index is 13.8. The number of pyridine rings is 1. The van der Waals surface area contributed by atoms with Gasteiger partial charge in [0, 0.05) is 63.0 Å². The summed E-state index contributed by atoms with van der Waals surface area (Å²) in [5.41, 5.74) is 5.49. The molecule has 2 fully saturated rings. The van der Waals surface area contributed by atoms with Crippen molar-refractivity contribution in [2.75, 3.05) is 39.4 Å². The van der Waals surface area contributed by atoms with Crippen molar-refractivity contribution in [1.82, 2.24) is 14.4 Å². The summed E-state index contributed by atoms with van der Waals surface area (Å²) in [6, 6.07) is 19.4. The molecule has 3 aromatic rings. The normalized spacial score (nSPS) is 22.7. The number of hydrogen-bond donors (Lipinski definition) is 0. The van der Waals surface area contributed by atoms with Crippen LogP contribution in [0.5, 0.6) is 0 Å². The van der Waals surface area contributed by atoms with Crippen LogP contribution in [0, 0.1) is 11.7 Å². The summed E-state index contributed by atoms with van der Waals surface area (Å²) >= 11 is 0. The summed E-state index contributed by atoms with van der Waals surface area (Å²) in [5.74, 6) is 0.617. The van der Waals surface area contributed by atoms with Crippen LogP contribution in [-0.2, 0) is 24.4 Å². The molecule has 3 aliphatic rings. The standard InChI is InChI=1S/C29H32FN3O2/c30-25-7-5-21(6-8-25)16-32-17-22-15-24(20-32)28-10-9-27(29(34)33(28)18-22)26-4-2-1-3-23(26)19-31-11-13-35-14-12-31/h1-10,22,24H,11-20H2. The molecule has 2 saturated heterocycles. The molecule has 182 valence electrons. The molecule has 3 aliphatic heterocycles. The Morgan fingerprint density at radius 2 is 1.63 bits per heavy atom. The summed E-state index contributed by atoms with van der Waals surface area (Å²) < 4.78 is 20.9. The second-order valence-corrected chi connectivity index (χ2v) is 10.3. The summed E-state index contributed by atoms with van der Waals surface area (Å²) in [6.45, 7) is 7.72. The summed E-state index contributed by atoms with van der Waals surface area (Å²) in [5, 5.41) is 0. The minimum Gasteiger partial charge on any atom is -0.379 e. The van der Waals surface area contributed by atoms with E-state index in [1.807, 2.05) is 24.3 Å². The van der Waals surface area contributed by atoms with Crippen molar-refractivity contribution in [3.05, 3.63) is 93.7 Å². The molecule has 2 atom stereocenters. The molecule has 2 bridgehead atoms. The minimum absolute atomic E-state index is 0.138. The van der Waals surface area contributed by atoms with Gasteiger partial charge in [0.15, 0.2) is 0 Å². The van der Waals surface area contributed by atoms with Gasteiger partial charge in [0.25, 0.3) is 5.56 Å². The Morgan fingerprint density at radius 1 is 0.829 bits per heavy atom. The zero-order chi connectivity index (χ0) is 23.8. The fraction of sp³-hybridized carbons (Fsp3) is 0.414. The van der Waals surface area contributed by atoms with E-state index in [0.29, 0.717) is 11.8 Å². The highest BCUT2D eigenvalue weighted by Crippen LogP contribution is 2.36. The first-order valence-corrected chi connectivity index (χ1v) is 12.7. The van der Waals surface area contributed by atoms with Crippen LogP contribution < -0.4 is 5.56 Å². The average molecular weight is 474 g/mol. The molecule has 1 aromatic heterocycles. The Balaban J connectivity index is 1.26. The molecule has 2 aromatic carbocycles. The van der Waals surface area contributed by atoms with E-state index < -0.39 is 0 Å². The molecule has 0 saturated carbocycles. The van der Waals surface area contributed by atoms with Crippen molar-refractivity contribution in [1.29, 1.82) is 0 Å². The fourth-order valence-electron chi connectivity index (χ4n) is 6.15. The molecule has 2 unspecified atom stereocenters. The molecular weight excluding hydrogens is 441 g/mol. The highest BCUT2D eigenvalue weighted by atomic mass is 19.1. The van der Waals surface area contributed by atoms with Gasteiger partial charge in [-0.05, 0) is 53.3 Å². The highest BCUT2D eigenvalue weighted by molar-refractivity contribution is 5.66. The first-order valence-electron chi connectivity index (χ1n) is 12.7. The molecule has 0 N–H and O–H groups in total. The van der Waals surface area contributed by atoms with Crippen molar-refractivity contribution in [3.8, 4) is 11.1 Å². The number of nitrogens with zero attached hydrogens (tertiary/aromatic N) is 3. The lowest BCUT2D eigenvalue weighted by Gasteiger charge is -2.43. The number of likely N-dealkylation sites (tertiary alicyclic amines) is 1. The van der Waals surface area contributed by atoms with Crippen LogP contribution in [0.1, 0.15) is 29.2 Å². The second-order valence-electron chi connectivity index (χ2n) is 10.3. The zero-order valence-corrected chi connectivity index (χ0v) is 20.0. The van der Waals surface area contributed by atoms with E-state index in [-0.39, 0.29) is 11.4 Å². The van der Waals surface area contributed by atoms with Crippen LogP contribution in [0.2, 0.25) is 0 Å². The highest BCUT2D eigenvalue weighted by Gasteiger charge is 2.35. The van der Waals surface area contributed by atoms with Gasteiger partial charge in [0.05, 0.1) is 13.2 Å². The Hall–Kier alpha value is -2.80. The van der Waals surface area contributed by atoms with Crippen LogP contribution in [0.3, 0.4) is 0 Å². The summed E-state index contributed by atoms with van der Waals surface area (Å²) in [6.07, 6.45) is 1.13. The van der Waals surface area contributed by atoms with Gasteiger partial charge in [-0.2, -0.15) is 0 Å². The molecule has 0 aliphatic carbocycles. The van der Waals surface area contributed by atoms with Gasteiger partial charge in [-0.3, -0.25) is 14.6 Å². The van der Waals surface area contributed by atoms with Gasteiger partial charge in [-0.1, -0.05) is 36.4 Å².